The van der Waals surface area contributed by atoms with Crippen LogP contribution in [0, 0.1) is 0 Å². The smallest absolute Gasteiger partial charge is 0.0967 e. The first-order valence-electron chi connectivity index (χ1n) is 4.27. The number of hydrogen-bond acceptors (Lipinski definition) is 3. The maximum absolute atomic E-state index is 6.00. The summed E-state index contributed by atoms with van der Waals surface area (Å²) in [7, 11) is 0. The van der Waals surface area contributed by atoms with Gasteiger partial charge in [-0.05, 0) is 18.2 Å². The van der Waals surface area contributed by atoms with E-state index in [4.69, 9.17) is 28.9 Å². The first-order chi connectivity index (χ1) is 7.20. The van der Waals surface area contributed by atoms with E-state index in [1.165, 1.54) is 0 Å². The first kappa shape index (κ1) is 10.4. The zero-order valence-electron chi connectivity index (χ0n) is 7.69. The molecular formula is C9H8Cl2N4. The fourth-order valence-electron chi connectivity index (χ4n) is 1.17. The molecule has 0 spiro atoms. The molecule has 1 aromatic carbocycles. The van der Waals surface area contributed by atoms with Gasteiger partial charge in [0.1, 0.15) is 0 Å². The number of nitrogens with zero attached hydrogens (tertiary/aromatic N) is 3. The Morgan fingerprint density at radius 3 is 2.80 bits per heavy atom. The molecule has 0 saturated heterocycles. The van der Waals surface area contributed by atoms with Crippen LogP contribution in [0.1, 0.15) is 5.69 Å². The second-order valence-corrected chi connectivity index (χ2v) is 3.80. The van der Waals surface area contributed by atoms with E-state index in [2.05, 4.69) is 10.3 Å². The van der Waals surface area contributed by atoms with Crippen molar-refractivity contribution in [1.82, 2.24) is 15.0 Å². The molecule has 0 bridgehead atoms. The molecule has 2 N–H and O–H groups in total. The summed E-state index contributed by atoms with van der Waals surface area (Å²) >= 11 is 11.9. The molecule has 6 heteroatoms. The topological polar surface area (TPSA) is 56.7 Å². The molecule has 0 saturated carbocycles. The van der Waals surface area contributed by atoms with Gasteiger partial charge in [0, 0.05) is 11.6 Å². The molecule has 0 fully saturated rings. The van der Waals surface area contributed by atoms with Crippen LogP contribution in [0.15, 0.2) is 24.4 Å². The maximum Gasteiger partial charge on any atom is 0.0967 e. The highest BCUT2D eigenvalue weighted by molar-refractivity contribution is 6.34. The lowest BCUT2D eigenvalue weighted by molar-refractivity contribution is 0.797. The Balaban J connectivity index is 2.48. The first-order valence-corrected chi connectivity index (χ1v) is 5.03. The van der Waals surface area contributed by atoms with Gasteiger partial charge in [0.25, 0.3) is 0 Å². The molecule has 4 nitrogen and oxygen atoms in total. The van der Waals surface area contributed by atoms with E-state index in [1.807, 2.05) is 0 Å². The van der Waals surface area contributed by atoms with Gasteiger partial charge in [-0.15, -0.1) is 5.10 Å². The van der Waals surface area contributed by atoms with E-state index in [9.17, 15) is 0 Å². The third-order valence-electron chi connectivity index (χ3n) is 1.90. The van der Waals surface area contributed by atoms with Crippen LogP contribution < -0.4 is 5.73 Å². The van der Waals surface area contributed by atoms with Crippen LogP contribution in [0.4, 0.5) is 0 Å². The third kappa shape index (κ3) is 2.12. The molecule has 2 rings (SSSR count). The van der Waals surface area contributed by atoms with Gasteiger partial charge >= 0.3 is 0 Å². The fraction of sp³-hybridized carbons (Fsp3) is 0.111. The zero-order valence-corrected chi connectivity index (χ0v) is 9.20. The summed E-state index contributed by atoms with van der Waals surface area (Å²) in [6.45, 7) is 0.345. The number of aromatic nitrogens is 3. The molecule has 0 unspecified atom stereocenters. The van der Waals surface area contributed by atoms with E-state index >= 15 is 0 Å². The van der Waals surface area contributed by atoms with Crippen LogP contribution >= 0.6 is 23.2 Å². The van der Waals surface area contributed by atoms with Crippen molar-refractivity contribution in [2.24, 2.45) is 5.73 Å². The Kier molecular flexibility index (Phi) is 2.90. The number of rotatable bonds is 2. The summed E-state index contributed by atoms with van der Waals surface area (Å²) in [4.78, 5) is 0. The van der Waals surface area contributed by atoms with E-state index < -0.39 is 0 Å². The molecule has 0 aliphatic carbocycles. The average Bonchev–Trinajstić information content (AvgIpc) is 2.70. The minimum absolute atomic E-state index is 0.345. The van der Waals surface area contributed by atoms with E-state index in [0.717, 1.165) is 0 Å². The Bertz CT molecular complexity index is 481. The average molecular weight is 243 g/mol. The highest BCUT2D eigenvalue weighted by Crippen LogP contribution is 2.23. The fourth-order valence-corrected chi connectivity index (χ4v) is 1.54. The number of hydrogen-bond donors (Lipinski definition) is 1. The van der Waals surface area contributed by atoms with Crippen LogP contribution in [-0.4, -0.2) is 15.0 Å². The normalized spacial score (nSPS) is 10.6. The van der Waals surface area contributed by atoms with Crippen molar-refractivity contribution in [2.45, 2.75) is 6.54 Å². The molecule has 0 aliphatic rings. The van der Waals surface area contributed by atoms with Crippen molar-refractivity contribution >= 4 is 23.2 Å². The molecule has 0 aliphatic heterocycles. The van der Waals surface area contributed by atoms with Crippen molar-refractivity contribution in [3.8, 4) is 5.69 Å². The summed E-state index contributed by atoms with van der Waals surface area (Å²) in [6, 6.07) is 5.15. The van der Waals surface area contributed by atoms with Crippen LogP contribution in [0.25, 0.3) is 5.69 Å². The predicted molar refractivity (Wildman–Crippen MR) is 59.3 cm³/mol. The summed E-state index contributed by atoms with van der Waals surface area (Å²) in [5.74, 6) is 0. The number of nitrogens with two attached hydrogens (primary N) is 1. The van der Waals surface area contributed by atoms with Crippen molar-refractivity contribution in [2.75, 3.05) is 0 Å². The van der Waals surface area contributed by atoms with Gasteiger partial charge in [0.05, 0.1) is 22.6 Å². The zero-order chi connectivity index (χ0) is 10.8. The van der Waals surface area contributed by atoms with Crippen molar-refractivity contribution in [3.05, 3.63) is 40.1 Å². The minimum atomic E-state index is 0.345. The van der Waals surface area contributed by atoms with Crippen molar-refractivity contribution < 1.29 is 0 Å². The van der Waals surface area contributed by atoms with Gasteiger partial charge in [-0.25, -0.2) is 4.68 Å². The van der Waals surface area contributed by atoms with Gasteiger partial charge < -0.3 is 5.73 Å². The second kappa shape index (κ2) is 4.18. The molecule has 0 amide bonds. The van der Waals surface area contributed by atoms with Crippen LogP contribution in [0.3, 0.4) is 0 Å². The Morgan fingerprint density at radius 2 is 2.13 bits per heavy atom. The van der Waals surface area contributed by atoms with E-state index in [-0.39, 0.29) is 0 Å². The van der Waals surface area contributed by atoms with E-state index in [1.54, 1.807) is 29.1 Å². The summed E-state index contributed by atoms with van der Waals surface area (Å²) < 4.78 is 1.55. The van der Waals surface area contributed by atoms with Gasteiger partial charge in [-0.2, -0.15) is 0 Å². The summed E-state index contributed by atoms with van der Waals surface area (Å²) in [5.41, 5.74) is 6.83. The van der Waals surface area contributed by atoms with Crippen LogP contribution in [0.5, 0.6) is 0 Å². The minimum Gasteiger partial charge on any atom is -0.325 e. The van der Waals surface area contributed by atoms with Crippen LogP contribution in [0.2, 0.25) is 10.0 Å². The molecule has 15 heavy (non-hydrogen) atoms. The van der Waals surface area contributed by atoms with Gasteiger partial charge in [-0.3, -0.25) is 0 Å². The molecule has 78 valence electrons. The van der Waals surface area contributed by atoms with E-state index in [0.29, 0.717) is 28.0 Å². The molecule has 0 radical (unpaired) electrons. The SMILES string of the molecule is NCc1cn(-c2cc(Cl)ccc2Cl)nn1. The highest BCUT2D eigenvalue weighted by Gasteiger charge is 2.06. The summed E-state index contributed by atoms with van der Waals surface area (Å²) in [5, 5.41) is 8.93. The lowest BCUT2D eigenvalue weighted by Crippen LogP contribution is -1.96. The molecule has 0 atom stereocenters. The largest absolute Gasteiger partial charge is 0.325 e. The van der Waals surface area contributed by atoms with Crippen molar-refractivity contribution in [3.63, 3.8) is 0 Å². The lowest BCUT2D eigenvalue weighted by atomic mass is 10.3. The Morgan fingerprint density at radius 1 is 1.33 bits per heavy atom. The van der Waals surface area contributed by atoms with Gasteiger partial charge in [0.2, 0.25) is 0 Å². The monoisotopic (exact) mass is 242 g/mol. The lowest BCUT2D eigenvalue weighted by Gasteiger charge is -2.02. The third-order valence-corrected chi connectivity index (χ3v) is 2.46. The number of benzene rings is 1. The Hall–Kier alpha value is -1.10. The second-order valence-electron chi connectivity index (χ2n) is 2.95. The molecule has 1 aromatic heterocycles. The number of halogens is 2. The molecule has 1 heterocycles. The predicted octanol–water partition coefficient (Wildman–Crippen LogP) is 2.03. The van der Waals surface area contributed by atoms with Gasteiger partial charge in [0.15, 0.2) is 0 Å². The summed E-state index contributed by atoms with van der Waals surface area (Å²) in [6.07, 6.45) is 1.72. The molecule has 2 aromatic rings. The van der Waals surface area contributed by atoms with Crippen molar-refractivity contribution in [1.29, 1.82) is 0 Å². The van der Waals surface area contributed by atoms with Crippen LogP contribution in [-0.2, 0) is 6.54 Å². The molecular weight excluding hydrogens is 235 g/mol. The maximum atomic E-state index is 6.00. The highest BCUT2D eigenvalue weighted by atomic mass is 35.5. The van der Waals surface area contributed by atoms with Gasteiger partial charge in [-0.1, -0.05) is 28.4 Å². The standard InChI is InChI=1S/C9H8Cl2N4/c10-6-1-2-8(11)9(3-6)15-5-7(4-12)13-14-15/h1-3,5H,4,12H2. The quantitative estimate of drug-likeness (QED) is 0.877. The Labute approximate surface area is 96.6 Å².